The van der Waals surface area contributed by atoms with E-state index in [4.69, 9.17) is 0 Å². The Morgan fingerprint density at radius 2 is 2.00 bits per heavy atom. The second-order valence-corrected chi connectivity index (χ2v) is 8.94. The van der Waals surface area contributed by atoms with Crippen LogP contribution in [0.15, 0.2) is 47.7 Å². The van der Waals surface area contributed by atoms with Crippen LogP contribution in [-0.2, 0) is 11.8 Å². The first-order valence-electron chi connectivity index (χ1n) is 11.7. The minimum atomic E-state index is -3.21. The number of alkyl halides is 2. The highest BCUT2D eigenvalue weighted by Gasteiger charge is 2.37. The molecule has 37 heavy (non-hydrogen) atoms. The maximum absolute atomic E-state index is 13.8. The molecule has 1 unspecified atom stereocenters. The molecule has 13 heteroatoms. The lowest BCUT2D eigenvalue weighted by Crippen LogP contribution is -2.46. The normalized spacial score (nSPS) is 16.4. The van der Waals surface area contributed by atoms with Gasteiger partial charge in [0.15, 0.2) is 0 Å². The third kappa shape index (κ3) is 4.27. The third-order valence-electron chi connectivity index (χ3n) is 6.24. The van der Waals surface area contributed by atoms with Crippen LogP contribution < -0.4 is 15.8 Å². The molecule has 0 aliphatic carbocycles. The van der Waals surface area contributed by atoms with Gasteiger partial charge >= 0.3 is 6.11 Å². The molecule has 0 spiro atoms. The fraction of sp³-hybridized carbons (Fsp3) is 0.292. The Morgan fingerprint density at radius 1 is 1.19 bits per heavy atom. The van der Waals surface area contributed by atoms with Gasteiger partial charge in [0.1, 0.15) is 29.3 Å². The number of nitrogens with zero attached hydrogens (tertiary/aromatic N) is 6. The monoisotopic (exact) mass is 507 g/mol. The topological polar surface area (TPSA) is 130 Å². The van der Waals surface area contributed by atoms with E-state index in [9.17, 15) is 13.6 Å². The molecule has 0 bridgehead atoms. The van der Waals surface area contributed by atoms with Gasteiger partial charge in [0.2, 0.25) is 0 Å². The van der Waals surface area contributed by atoms with E-state index in [1.807, 2.05) is 6.92 Å². The Hall–Kier alpha value is -4.39. The number of halogens is 2. The van der Waals surface area contributed by atoms with Crippen LogP contribution in [0.1, 0.15) is 18.8 Å². The molecule has 5 heterocycles. The van der Waals surface area contributed by atoms with E-state index in [-0.39, 0.29) is 23.8 Å². The quantitative estimate of drug-likeness (QED) is 0.331. The predicted molar refractivity (Wildman–Crippen MR) is 134 cm³/mol. The maximum atomic E-state index is 13.8. The molecule has 4 aromatic heterocycles. The molecule has 0 radical (unpaired) electrons. The molecule has 1 aliphatic rings. The van der Waals surface area contributed by atoms with E-state index in [1.165, 1.54) is 0 Å². The number of aromatic amines is 2. The summed E-state index contributed by atoms with van der Waals surface area (Å²) in [5, 5.41) is 7.89. The summed E-state index contributed by atoms with van der Waals surface area (Å²) in [6.45, 7) is 1.61. The number of pyridine rings is 1. The highest BCUT2D eigenvalue weighted by molar-refractivity contribution is 5.96. The number of aromatic nitrogens is 7. The number of hydrogen-bond acceptors (Lipinski definition) is 8. The summed E-state index contributed by atoms with van der Waals surface area (Å²) in [5.41, 5.74) is 3.29. The first-order chi connectivity index (χ1) is 17.8. The molecule has 1 atom stereocenters. The van der Waals surface area contributed by atoms with Gasteiger partial charge in [0.25, 0.3) is 5.56 Å². The van der Waals surface area contributed by atoms with Crippen molar-refractivity contribution in [1.29, 1.82) is 0 Å². The smallest absolute Gasteiger partial charge is 0.373 e. The summed E-state index contributed by atoms with van der Waals surface area (Å²) in [6, 6.07) is 6.60. The largest absolute Gasteiger partial charge is 0.373 e. The molecule has 6 rings (SSSR count). The summed E-state index contributed by atoms with van der Waals surface area (Å²) in [4.78, 5) is 34.2. The van der Waals surface area contributed by atoms with Gasteiger partial charge in [-0.15, -0.1) is 0 Å². The standard InChI is InChI=1S/C24H23F2N9O2/c1-13(21-27-6-3-7-28-21)29-20-18(23(36)32-17-11-34(2)33-19(17)20)22-30-15-5-4-14(10-16(15)31-22)35-8-9-37-24(25,26)12-35/h3-7,10-11,13,29H,8-9,12H2,1-2H3,(H,30,31)(H,32,36). The highest BCUT2D eigenvalue weighted by atomic mass is 19.3. The predicted octanol–water partition coefficient (Wildman–Crippen LogP) is 3.20. The van der Waals surface area contributed by atoms with E-state index < -0.39 is 12.7 Å². The lowest BCUT2D eigenvalue weighted by Gasteiger charge is -2.33. The van der Waals surface area contributed by atoms with Crippen molar-refractivity contribution in [3.05, 3.63) is 59.0 Å². The van der Waals surface area contributed by atoms with Gasteiger partial charge in [0.05, 0.1) is 34.9 Å². The Balaban J connectivity index is 1.45. The van der Waals surface area contributed by atoms with Crippen LogP contribution in [0.2, 0.25) is 0 Å². The molecule has 190 valence electrons. The highest BCUT2D eigenvalue weighted by Crippen LogP contribution is 2.33. The number of ether oxygens (including phenoxy) is 1. The molecule has 1 aliphatic heterocycles. The van der Waals surface area contributed by atoms with Gasteiger partial charge in [0, 0.05) is 37.9 Å². The minimum absolute atomic E-state index is 0.0723. The molecule has 1 saturated heterocycles. The van der Waals surface area contributed by atoms with Crippen molar-refractivity contribution in [3.8, 4) is 11.4 Å². The average molecular weight is 508 g/mol. The van der Waals surface area contributed by atoms with Crippen LogP contribution in [0, 0.1) is 0 Å². The molecular weight excluding hydrogens is 484 g/mol. The Morgan fingerprint density at radius 3 is 2.78 bits per heavy atom. The number of fused-ring (bicyclic) bond motifs is 2. The van der Waals surface area contributed by atoms with Crippen LogP contribution in [0.3, 0.4) is 0 Å². The fourth-order valence-corrected chi connectivity index (χ4v) is 4.55. The molecule has 11 nitrogen and oxygen atoms in total. The van der Waals surface area contributed by atoms with Crippen LogP contribution in [0.4, 0.5) is 20.2 Å². The van der Waals surface area contributed by atoms with Gasteiger partial charge < -0.3 is 24.9 Å². The first-order valence-corrected chi connectivity index (χ1v) is 11.7. The van der Waals surface area contributed by atoms with E-state index in [0.717, 1.165) is 0 Å². The number of H-pyrrole nitrogens is 2. The van der Waals surface area contributed by atoms with Crippen LogP contribution in [0.25, 0.3) is 33.5 Å². The molecular formula is C24H23F2N9O2. The summed E-state index contributed by atoms with van der Waals surface area (Å²) in [7, 11) is 1.77. The summed E-state index contributed by atoms with van der Waals surface area (Å²) in [5.74, 6) is 0.867. The third-order valence-corrected chi connectivity index (χ3v) is 6.24. The lowest BCUT2D eigenvalue weighted by molar-refractivity contribution is -0.240. The summed E-state index contributed by atoms with van der Waals surface area (Å²) < 4.78 is 33.7. The van der Waals surface area contributed by atoms with Crippen molar-refractivity contribution < 1.29 is 13.5 Å². The molecule has 0 saturated carbocycles. The molecule has 0 amide bonds. The van der Waals surface area contributed by atoms with Crippen molar-refractivity contribution in [2.75, 3.05) is 29.9 Å². The maximum Gasteiger partial charge on any atom is 0.373 e. The number of nitrogens with one attached hydrogen (secondary N) is 3. The van der Waals surface area contributed by atoms with Gasteiger partial charge in [-0.1, -0.05) is 0 Å². The van der Waals surface area contributed by atoms with E-state index in [0.29, 0.717) is 51.6 Å². The van der Waals surface area contributed by atoms with Crippen molar-refractivity contribution >= 4 is 33.4 Å². The summed E-state index contributed by atoms with van der Waals surface area (Å²) >= 11 is 0. The van der Waals surface area contributed by atoms with Gasteiger partial charge in [-0.25, -0.2) is 15.0 Å². The number of morpholine rings is 1. The van der Waals surface area contributed by atoms with Crippen molar-refractivity contribution in [2.45, 2.75) is 19.1 Å². The van der Waals surface area contributed by atoms with Crippen LogP contribution in [0.5, 0.6) is 0 Å². The number of rotatable bonds is 5. The lowest BCUT2D eigenvalue weighted by atomic mass is 10.1. The Bertz CT molecular complexity index is 1660. The number of imidazole rings is 1. The molecule has 3 N–H and O–H groups in total. The van der Waals surface area contributed by atoms with Crippen LogP contribution >= 0.6 is 0 Å². The molecule has 1 fully saturated rings. The second kappa shape index (κ2) is 8.62. The zero-order chi connectivity index (χ0) is 25.7. The Labute approximate surface area is 208 Å². The molecule has 1 aromatic carbocycles. The average Bonchev–Trinajstić information content (AvgIpc) is 3.45. The van der Waals surface area contributed by atoms with Crippen molar-refractivity contribution in [1.82, 2.24) is 34.7 Å². The number of anilines is 2. The van der Waals surface area contributed by atoms with E-state index >= 15 is 0 Å². The SMILES string of the molecule is CC(Nc1c(-c2nc3ccc(N4CCOC(F)(F)C4)cc3[nH]2)c(=O)[nH]c2cn(C)nc12)c1ncccn1. The minimum Gasteiger partial charge on any atom is -0.373 e. The molecule has 5 aromatic rings. The number of benzene rings is 1. The van der Waals surface area contributed by atoms with Crippen LogP contribution in [-0.4, -0.2) is 60.5 Å². The van der Waals surface area contributed by atoms with Gasteiger partial charge in [-0.05, 0) is 31.2 Å². The Kier molecular flexibility index (Phi) is 5.37. The van der Waals surface area contributed by atoms with E-state index in [1.54, 1.807) is 59.5 Å². The van der Waals surface area contributed by atoms with Crippen molar-refractivity contribution in [3.63, 3.8) is 0 Å². The summed E-state index contributed by atoms with van der Waals surface area (Å²) in [6.07, 6.45) is 1.81. The van der Waals surface area contributed by atoms with E-state index in [2.05, 4.69) is 40.1 Å². The fourth-order valence-electron chi connectivity index (χ4n) is 4.55. The van der Waals surface area contributed by atoms with Crippen molar-refractivity contribution in [2.24, 2.45) is 7.05 Å². The number of aryl methyl sites for hydroxylation is 1. The van der Waals surface area contributed by atoms with Gasteiger partial charge in [-0.2, -0.15) is 13.9 Å². The first kappa shape index (κ1) is 23.0. The number of hydrogen-bond donors (Lipinski definition) is 3. The zero-order valence-corrected chi connectivity index (χ0v) is 20.0. The van der Waals surface area contributed by atoms with Gasteiger partial charge in [-0.3, -0.25) is 9.48 Å². The second-order valence-electron chi connectivity index (χ2n) is 8.94. The zero-order valence-electron chi connectivity index (χ0n) is 20.0.